The number of aromatic nitrogens is 2. The predicted molar refractivity (Wildman–Crippen MR) is 76.3 cm³/mol. The van der Waals surface area contributed by atoms with Crippen LogP contribution in [0.15, 0.2) is 12.4 Å². The summed E-state index contributed by atoms with van der Waals surface area (Å²) in [6.45, 7) is 1.81. The topological polar surface area (TPSA) is 55.3 Å². The number of nitrogens with zero attached hydrogens (tertiary/aromatic N) is 3. The average Bonchev–Trinajstić information content (AvgIpc) is 2.40. The van der Waals surface area contributed by atoms with Crippen molar-refractivity contribution in [2.24, 2.45) is 5.92 Å². The summed E-state index contributed by atoms with van der Waals surface area (Å²) in [5, 5.41) is 0. The highest BCUT2D eigenvalue weighted by Gasteiger charge is 2.23. The number of carbonyl (C=O) groups is 1. The fourth-order valence-electron chi connectivity index (χ4n) is 2.12. The number of ether oxygens (including phenoxy) is 1. The third-order valence-corrected chi connectivity index (χ3v) is 3.74. The third kappa shape index (κ3) is 3.54. The number of methoxy groups -OCH3 is 1. The maximum absolute atomic E-state index is 11.2. The van der Waals surface area contributed by atoms with E-state index in [2.05, 4.69) is 37.5 Å². The highest BCUT2D eigenvalue weighted by molar-refractivity contribution is 14.1. The average molecular weight is 361 g/mol. The molecule has 0 radical (unpaired) electrons. The van der Waals surface area contributed by atoms with Gasteiger partial charge >= 0.3 is 5.97 Å². The van der Waals surface area contributed by atoms with Gasteiger partial charge < -0.3 is 9.64 Å². The Morgan fingerprint density at radius 3 is 2.61 bits per heavy atom. The summed E-state index contributed by atoms with van der Waals surface area (Å²) in [4.78, 5) is 22.0. The van der Waals surface area contributed by atoms with E-state index in [1.165, 1.54) is 7.11 Å². The predicted octanol–water partition coefficient (Wildman–Crippen LogP) is 1.86. The van der Waals surface area contributed by atoms with E-state index in [0.717, 1.165) is 35.4 Å². The number of carbonyl (C=O) groups excluding carboxylic acids is 1. The number of hydrogen-bond acceptors (Lipinski definition) is 5. The summed E-state index contributed by atoms with van der Waals surface area (Å²) in [5.41, 5.74) is 0. The van der Waals surface area contributed by atoms with Gasteiger partial charge in [0.05, 0.1) is 7.11 Å². The van der Waals surface area contributed by atoms with Crippen LogP contribution in [-0.2, 0) is 9.53 Å². The van der Waals surface area contributed by atoms with Crippen molar-refractivity contribution in [2.45, 2.75) is 19.3 Å². The first kappa shape index (κ1) is 13.5. The van der Waals surface area contributed by atoms with Gasteiger partial charge in [-0.3, -0.25) is 4.79 Å². The van der Waals surface area contributed by atoms with E-state index < -0.39 is 0 Å². The normalized spacial score (nSPS) is 16.7. The highest BCUT2D eigenvalue weighted by Crippen LogP contribution is 2.23. The molecule has 0 unspecified atom stereocenters. The maximum Gasteiger partial charge on any atom is 0.305 e. The molecule has 0 saturated carbocycles. The second-order valence-electron chi connectivity index (χ2n) is 4.41. The minimum Gasteiger partial charge on any atom is -0.469 e. The van der Waals surface area contributed by atoms with Crippen LogP contribution in [0.5, 0.6) is 0 Å². The van der Waals surface area contributed by atoms with Gasteiger partial charge in [0, 0.05) is 35.5 Å². The lowest BCUT2D eigenvalue weighted by molar-refractivity contribution is -0.141. The van der Waals surface area contributed by atoms with Crippen molar-refractivity contribution in [3.05, 3.63) is 16.0 Å². The molecule has 1 aliphatic rings. The summed E-state index contributed by atoms with van der Waals surface area (Å²) in [6.07, 6.45) is 6.15. The number of rotatable bonds is 3. The Labute approximate surface area is 120 Å². The molecule has 98 valence electrons. The summed E-state index contributed by atoms with van der Waals surface area (Å²) < 4.78 is 5.74. The van der Waals surface area contributed by atoms with E-state index in [9.17, 15) is 4.79 Å². The Balaban J connectivity index is 1.86. The van der Waals surface area contributed by atoms with Crippen LogP contribution in [0.3, 0.4) is 0 Å². The second kappa shape index (κ2) is 6.31. The van der Waals surface area contributed by atoms with Crippen LogP contribution in [0.1, 0.15) is 19.3 Å². The molecular weight excluding hydrogens is 345 g/mol. The van der Waals surface area contributed by atoms with E-state index >= 15 is 0 Å². The largest absolute Gasteiger partial charge is 0.469 e. The quantitative estimate of drug-likeness (QED) is 0.608. The Kier molecular flexibility index (Phi) is 4.73. The number of hydrogen-bond donors (Lipinski definition) is 0. The minimum absolute atomic E-state index is 0.112. The fourth-order valence-corrected chi connectivity index (χ4v) is 2.40. The van der Waals surface area contributed by atoms with Gasteiger partial charge in [-0.2, -0.15) is 0 Å². The molecule has 0 N–H and O–H groups in total. The lowest BCUT2D eigenvalue weighted by atomic mass is 9.94. The smallest absolute Gasteiger partial charge is 0.305 e. The van der Waals surface area contributed by atoms with Gasteiger partial charge in [-0.25, -0.2) is 9.97 Å². The van der Waals surface area contributed by atoms with Gasteiger partial charge in [0.1, 0.15) is 0 Å². The number of anilines is 1. The molecule has 1 fully saturated rings. The van der Waals surface area contributed by atoms with Crippen LogP contribution in [0.25, 0.3) is 0 Å². The summed E-state index contributed by atoms with van der Waals surface area (Å²) in [6, 6.07) is 0. The van der Waals surface area contributed by atoms with E-state index in [0.29, 0.717) is 12.3 Å². The molecule has 18 heavy (non-hydrogen) atoms. The number of esters is 1. The molecule has 1 aromatic rings. The zero-order chi connectivity index (χ0) is 13.0. The highest BCUT2D eigenvalue weighted by atomic mass is 127. The van der Waals surface area contributed by atoms with Gasteiger partial charge in [0.25, 0.3) is 0 Å². The Bertz CT molecular complexity index is 402. The zero-order valence-electron chi connectivity index (χ0n) is 10.3. The Hall–Kier alpha value is -0.920. The number of piperidine rings is 1. The van der Waals surface area contributed by atoms with Crippen LogP contribution in [-0.4, -0.2) is 36.1 Å². The van der Waals surface area contributed by atoms with Crippen molar-refractivity contribution < 1.29 is 9.53 Å². The summed E-state index contributed by atoms with van der Waals surface area (Å²) in [5.74, 6) is 1.10. The monoisotopic (exact) mass is 361 g/mol. The molecule has 2 rings (SSSR count). The van der Waals surface area contributed by atoms with Gasteiger partial charge in [-0.1, -0.05) is 0 Å². The lowest BCUT2D eigenvalue weighted by Gasteiger charge is -2.31. The van der Waals surface area contributed by atoms with Gasteiger partial charge in [-0.05, 0) is 41.4 Å². The summed E-state index contributed by atoms with van der Waals surface area (Å²) >= 11 is 2.19. The molecule has 5 nitrogen and oxygen atoms in total. The maximum atomic E-state index is 11.2. The second-order valence-corrected chi connectivity index (χ2v) is 5.66. The molecule has 0 aromatic carbocycles. The molecule has 0 amide bonds. The Morgan fingerprint density at radius 1 is 1.44 bits per heavy atom. The van der Waals surface area contributed by atoms with Gasteiger partial charge in [0.2, 0.25) is 5.95 Å². The van der Waals surface area contributed by atoms with Gasteiger partial charge in [0.15, 0.2) is 0 Å². The van der Waals surface area contributed by atoms with Crippen molar-refractivity contribution in [3.8, 4) is 0 Å². The molecule has 0 spiro atoms. The van der Waals surface area contributed by atoms with Crippen LogP contribution < -0.4 is 4.90 Å². The van der Waals surface area contributed by atoms with Crippen molar-refractivity contribution in [1.82, 2.24) is 9.97 Å². The first-order chi connectivity index (χ1) is 8.69. The molecule has 1 aromatic heterocycles. The molecular formula is C12H16IN3O2. The molecule has 1 saturated heterocycles. The molecule has 2 heterocycles. The first-order valence-electron chi connectivity index (χ1n) is 5.98. The molecule has 0 atom stereocenters. The third-order valence-electron chi connectivity index (χ3n) is 3.19. The van der Waals surface area contributed by atoms with Gasteiger partial charge in [-0.15, -0.1) is 0 Å². The SMILES string of the molecule is COC(=O)CC1CCN(c2ncc(I)cn2)CC1. The van der Waals surface area contributed by atoms with E-state index in [-0.39, 0.29) is 5.97 Å². The molecule has 1 aliphatic heterocycles. The number of halogens is 1. The van der Waals surface area contributed by atoms with Crippen LogP contribution in [0.4, 0.5) is 5.95 Å². The summed E-state index contributed by atoms with van der Waals surface area (Å²) in [7, 11) is 1.44. The van der Waals surface area contributed by atoms with Crippen molar-refractivity contribution in [1.29, 1.82) is 0 Å². The molecule has 6 heteroatoms. The van der Waals surface area contributed by atoms with Crippen LogP contribution in [0.2, 0.25) is 0 Å². The van der Waals surface area contributed by atoms with E-state index in [4.69, 9.17) is 4.74 Å². The van der Waals surface area contributed by atoms with Crippen molar-refractivity contribution in [3.63, 3.8) is 0 Å². The molecule has 0 bridgehead atoms. The zero-order valence-corrected chi connectivity index (χ0v) is 12.5. The van der Waals surface area contributed by atoms with Crippen molar-refractivity contribution >= 4 is 34.5 Å². The Morgan fingerprint density at radius 2 is 2.06 bits per heavy atom. The fraction of sp³-hybridized carbons (Fsp3) is 0.583. The van der Waals surface area contributed by atoms with E-state index in [1.54, 1.807) is 0 Å². The lowest BCUT2D eigenvalue weighted by Crippen LogP contribution is -2.35. The minimum atomic E-state index is -0.112. The van der Waals surface area contributed by atoms with E-state index in [1.807, 2.05) is 12.4 Å². The molecule has 0 aliphatic carbocycles. The van der Waals surface area contributed by atoms with Crippen LogP contribution in [0, 0.1) is 9.49 Å². The first-order valence-corrected chi connectivity index (χ1v) is 7.06. The van der Waals surface area contributed by atoms with Crippen LogP contribution >= 0.6 is 22.6 Å². The van der Waals surface area contributed by atoms with Crippen molar-refractivity contribution in [2.75, 3.05) is 25.1 Å². The standard InChI is InChI=1S/C12H16IN3O2/c1-18-11(17)6-9-2-4-16(5-3-9)12-14-7-10(13)8-15-12/h7-9H,2-6H2,1H3.